The molecule has 3 aromatic carbocycles. The third kappa shape index (κ3) is 4.80. The number of esters is 1. The van der Waals surface area contributed by atoms with E-state index in [1.807, 2.05) is 6.92 Å². The predicted molar refractivity (Wildman–Crippen MR) is 131 cm³/mol. The highest BCUT2D eigenvalue weighted by Gasteiger charge is 2.24. The summed E-state index contributed by atoms with van der Waals surface area (Å²) >= 11 is 3.14. The maximum absolute atomic E-state index is 13.4. The first kappa shape index (κ1) is 23.5. The van der Waals surface area contributed by atoms with E-state index in [2.05, 4.69) is 21.0 Å². The number of sulfone groups is 1. The van der Waals surface area contributed by atoms with Crippen LogP contribution in [0.5, 0.6) is 5.75 Å². The number of hydrazone groups is 1. The average Bonchev–Trinajstić information content (AvgIpc) is 3.28. The summed E-state index contributed by atoms with van der Waals surface area (Å²) in [4.78, 5) is 12.4. The number of halogens is 1. The van der Waals surface area contributed by atoms with Crippen molar-refractivity contribution in [3.8, 4) is 5.75 Å². The quantitative estimate of drug-likeness (QED) is 0.120. The number of nitrogens with zero attached hydrogens (tertiary/aromatic N) is 1. The second kappa shape index (κ2) is 9.66. The highest BCUT2D eigenvalue weighted by molar-refractivity contribution is 9.10. The Labute approximate surface area is 204 Å². The van der Waals surface area contributed by atoms with E-state index in [0.717, 1.165) is 5.56 Å². The second-order valence-electron chi connectivity index (χ2n) is 7.31. The van der Waals surface area contributed by atoms with Gasteiger partial charge in [0.1, 0.15) is 5.75 Å². The molecule has 0 bridgehead atoms. The topological polar surface area (TPSA) is 112 Å². The third-order valence-corrected chi connectivity index (χ3v) is 7.26. The zero-order valence-corrected chi connectivity index (χ0v) is 20.3. The minimum absolute atomic E-state index is 0.0513. The van der Waals surface area contributed by atoms with Gasteiger partial charge in [0.15, 0.2) is 4.67 Å². The van der Waals surface area contributed by atoms with Gasteiger partial charge in [0.05, 0.1) is 15.5 Å². The number of carbonyl (C=O) groups excluding carboxylic acids is 1. The smallest absolute Gasteiger partial charge is 0.379 e. The fourth-order valence-electron chi connectivity index (χ4n) is 3.30. The molecular weight excluding hydrogens is 520 g/mol. The van der Waals surface area contributed by atoms with E-state index in [-0.39, 0.29) is 27.0 Å². The van der Waals surface area contributed by atoms with Gasteiger partial charge in [-0.3, -0.25) is 0 Å². The van der Waals surface area contributed by atoms with Crippen molar-refractivity contribution in [1.29, 1.82) is 0 Å². The molecule has 0 fully saturated rings. The van der Waals surface area contributed by atoms with Crippen molar-refractivity contribution < 1.29 is 22.4 Å². The van der Waals surface area contributed by atoms with Crippen molar-refractivity contribution in [3.05, 3.63) is 112 Å². The molecule has 2 N–H and O–H groups in total. The number of benzene rings is 3. The number of hydrogen-bond donors (Lipinski definition) is 1. The van der Waals surface area contributed by atoms with Crippen LogP contribution in [0.15, 0.2) is 109 Å². The zero-order valence-electron chi connectivity index (χ0n) is 17.9. The number of hydrogen-bond acceptors (Lipinski definition) is 7. The summed E-state index contributed by atoms with van der Waals surface area (Å²) in [7, 11) is -3.82. The summed E-state index contributed by atoms with van der Waals surface area (Å²) < 4.78 is 37.6. The van der Waals surface area contributed by atoms with Crippen LogP contribution in [0.1, 0.15) is 27.2 Å². The molecule has 9 heteroatoms. The molecule has 0 atom stereocenters. The Hall–Kier alpha value is -3.69. The predicted octanol–water partition coefficient (Wildman–Crippen LogP) is 5.11. The van der Waals surface area contributed by atoms with E-state index in [1.165, 1.54) is 12.1 Å². The molecule has 0 amide bonds. The lowest BCUT2D eigenvalue weighted by atomic mass is 10.0. The lowest BCUT2D eigenvalue weighted by molar-refractivity contribution is 0.0700. The van der Waals surface area contributed by atoms with Crippen molar-refractivity contribution in [2.45, 2.75) is 16.7 Å². The molecule has 0 aliphatic rings. The SMILES string of the molecule is Cc1ccc(S(=O)(=O)c2ccccc2C(=NN)c2ccc(OC(=O)c3ccc(Br)o3)cc2)cc1. The van der Waals surface area contributed by atoms with Gasteiger partial charge >= 0.3 is 5.97 Å². The van der Waals surface area contributed by atoms with Gasteiger partial charge in [-0.15, -0.1) is 0 Å². The largest absolute Gasteiger partial charge is 0.442 e. The lowest BCUT2D eigenvalue weighted by Gasteiger charge is -2.13. The van der Waals surface area contributed by atoms with Crippen LogP contribution < -0.4 is 10.6 Å². The highest BCUT2D eigenvalue weighted by Crippen LogP contribution is 2.27. The summed E-state index contributed by atoms with van der Waals surface area (Å²) in [6.07, 6.45) is 0. The van der Waals surface area contributed by atoms with E-state index >= 15 is 0 Å². The van der Waals surface area contributed by atoms with Crippen molar-refractivity contribution >= 4 is 37.4 Å². The highest BCUT2D eigenvalue weighted by atomic mass is 79.9. The van der Waals surface area contributed by atoms with E-state index in [0.29, 0.717) is 15.8 Å². The number of carbonyl (C=O) groups is 1. The summed E-state index contributed by atoms with van der Waals surface area (Å²) in [6.45, 7) is 1.89. The first-order valence-electron chi connectivity index (χ1n) is 10.1. The monoisotopic (exact) mass is 538 g/mol. The average molecular weight is 539 g/mol. The summed E-state index contributed by atoms with van der Waals surface area (Å²) in [5, 5.41) is 3.88. The molecule has 0 aliphatic heterocycles. The summed E-state index contributed by atoms with van der Waals surface area (Å²) in [5.74, 6) is 5.37. The number of aryl methyl sites for hydroxylation is 1. The number of ether oxygens (including phenoxy) is 1. The van der Waals surface area contributed by atoms with Crippen LogP contribution >= 0.6 is 15.9 Å². The summed E-state index contributed by atoms with van der Waals surface area (Å²) in [5.41, 5.74) is 2.14. The van der Waals surface area contributed by atoms with Gasteiger partial charge in [0.2, 0.25) is 15.6 Å². The molecule has 0 spiro atoms. The molecule has 172 valence electrons. The second-order valence-corrected chi connectivity index (χ2v) is 10.0. The Balaban J connectivity index is 1.65. The van der Waals surface area contributed by atoms with Gasteiger partial charge in [0, 0.05) is 11.1 Å². The molecule has 7 nitrogen and oxygen atoms in total. The Morgan fingerprint density at radius 2 is 1.62 bits per heavy atom. The lowest BCUT2D eigenvalue weighted by Crippen LogP contribution is -2.13. The molecule has 0 saturated heterocycles. The molecule has 4 rings (SSSR count). The maximum Gasteiger partial charge on any atom is 0.379 e. The molecule has 34 heavy (non-hydrogen) atoms. The minimum Gasteiger partial charge on any atom is -0.442 e. The number of furan rings is 1. The van der Waals surface area contributed by atoms with Gasteiger partial charge in [-0.05, 0) is 77.5 Å². The molecule has 0 radical (unpaired) electrons. The molecule has 0 aliphatic carbocycles. The first-order chi connectivity index (χ1) is 16.3. The van der Waals surface area contributed by atoms with E-state index in [1.54, 1.807) is 72.8 Å². The van der Waals surface area contributed by atoms with Crippen LogP contribution in [-0.2, 0) is 9.84 Å². The fraction of sp³-hybridized carbons (Fsp3) is 0.0400. The Kier molecular flexibility index (Phi) is 6.67. The first-order valence-corrected chi connectivity index (χ1v) is 12.3. The molecule has 0 unspecified atom stereocenters. The van der Waals surface area contributed by atoms with E-state index < -0.39 is 15.8 Å². The minimum atomic E-state index is -3.82. The molecular formula is C25H19BrN2O5S. The van der Waals surface area contributed by atoms with Crippen molar-refractivity contribution in [1.82, 2.24) is 0 Å². The maximum atomic E-state index is 13.4. The standard InChI is InChI=1S/C25H19BrN2O5S/c1-16-6-12-19(13-7-16)34(30,31)22-5-3-2-4-20(22)24(28-27)17-8-10-18(11-9-17)32-25(29)21-14-15-23(26)33-21/h2-15H,27H2,1H3. The van der Waals surface area contributed by atoms with Gasteiger partial charge in [-0.25, -0.2) is 13.2 Å². The third-order valence-electron chi connectivity index (χ3n) is 5.00. The van der Waals surface area contributed by atoms with E-state index in [4.69, 9.17) is 15.0 Å². The van der Waals surface area contributed by atoms with Crippen LogP contribution in [0.2, 0.25) is 0 Å². The van der Waals surface area contributed by atoms with Crippen LogP contribution in [0.3, 0.4) is 0 Å². The van der Waals surface area contributed by atoms with Gasteiger partial charge < -0.3 is 15.0 Å². The summed E-state index contributed by atoms with van der Waals surface area (Å²) in [6, 6.07) is 22.7. The normalized spacial score (nSPS) is 11.9. The van der Waals surface area contributed by atoms with Crippen LogP contribution in [0, 0.1) is 6.92 Å². The van der Waals surface area contributed by atoms with Crippen molar-refractivity contribution in [2.24, 2.45) is 10.9 Å². The van der Waals surface area contributed by atoms with Crippen LogP contribution in [-0.4, -0.2) is 20.1 Å². The van der Waals surface area contributed by atoms with Crippen molar-refractivity contribution in [2.75, 3.05) is 0 Å². The number of nitrogens with two attached hydrogens (primary N) is 1. The fourth-order valence-corrected chi connectivity index (χ4v) is 5.07. The Morgan fingerprint density at radius 1 is 0.941 bits per heavy atom. The van der Waals surface area contributed by atoms with Crippen molar-refractivity contribution in [3.63, 3.8) is 0 Å². The number of rotatable bonds is 6. The van der Waals surface area contributed by atoms with E-state index in [9.17, 15) is 13.2 Å². The van der Waals surface area contributed by atoms with Gasteiger partial charge in [0.25, 0.3) is 0 Å². The van der Waals surface area contributed by atoms with Gasteiger partial charge in [-0.1, -0.05) is 35.9 Å². The zero-order chi connectivity index (χ0) is 24.3. The molecule has 0 saturated carbocycles. The molecule has 1 heterocycles. The van der Waals surface area contributed by atoms with Crippen LogP contribution in [0.4, 0.5) is 0 Å². The molecule has 1 aromatic heterocycles. The Bertz CT molecular complexity index is 1470. The van der Waals surface area contributed by atoms with Crippen LogP contribution in [0.25, 0.3) is 0 Å². The van der Waals surface area contributed by atoms with Gasteiger partial charge in [-0.2, -0.15) is 5.10 Å². The molecule has 4 aromatic rings. The Morgan fingerprint density at radius 3 is 2.24 bits per heavy atom.